The second-order valence-corrected chi connectivity index (χ2v) is 9.86. The quantitative estimate of drug-likeness (QED) is 0.667. The summed E-state index contributed by atoms with van der Waals surface area (Å²) in [5, 5.41) is 2.74. The number of nitrogens with one attached hydrogen (secondary N) is 1. The molecule has 0 aromatic heterocycles. The standard InChI is InChI=1S/C23H26N2O6S/c1-16-5-6-19(14-21(16)32(28,29)25-9-11-30-12-10-25)23(27)31-15-22(26)24-20-8-7-17-3-2-4-18(17)13-20/h5-8,13-14H,2-4,9-12,15H2,1H3,(H,24,26). The van der Waals surface area contributed by atoms with E-state index >= 15 is 0 Å². The number of sulfonamides is 1. The molecule has 0 spiro atoms. The van der Waals surface area contributed by atoms with E-state index in [2.05, 4.69) is 5.32 Å². The number of aryl methyl sites for hydroxylation is 3. The van der Waals surface area contributed by atoms with E-state index in [-0.39, 0.29) is 23.5 Å². The number of carbonyl (C=O) groups excluding carboxylic acids is 2. The van der Waals surface area contributed by atoms with Gasteiger partial charge in [-0.25, -0.2) is 13.2 Å². The van der Waals surface area contributed by atoms with Gasteiger partial charge in [0.25, 0.3) is 5.91 Å². The Morgan fingerprint density at radius 3 is 2.59 bits per heavy atom. The third kappa shape index (κ3) is 4.85. The van der Waals surface area contributed by atoms with Gasteiger partial charge in [-0.1, -0.05) is 12.1 Å². The monoisotopic (exact) mass is 458 g/mol. The lowest BCUT2D eigenvalue weighted by Gasteiger charge is -2.26. The molecule has 0 saturated carbocycles. The normalized spacial score (nSPS) is 16.4. The van der Waals surface area contributed by atoms with Gasteiger partial charge >= 0.3 is 5.97 Å². The molecule has 32 heavy (non-hydrogen) atoms. The molecule has 1 amide bonds. The molecule has 2 aliphatic rings. The highest BCUT2D eigenvalue weighted by Crippen LogP contribution is 2.25. The smallest absolute Gasteiger partial charge is 0.338 e. The first-order chi connectivity index (χ1) is 15.3. The predicted octanol–water partition coefficient (Wildman–Crippen LogP) is 2.30. The number of benzene rings is 2. The summed E-state index contributed by atoms with van der Waals surface area (Å²) in [5.41, 5.74) is 3.81. The molecular weight excluding hydrogens is 432 g/mol. The second-order valence-electron chi connectivity index (χ2n) is 7.96. The molecule has 1 N–H and O–H groups in total. The highest BCUT2D eigenvalue weighted by Gasteiger charge is 2.28. The molecule has 170 valence electrons. The largest absolute Gasteiger partial charge is 0.452 e. The number of anilines is 1. The van der Waals surface area contributed by atoms with Crippen LogP contribution < -0.4 is 5.32 Å². The number of fused-ring (bicyclic) bond motifs is 1. The molecule has 2 aromatic rings. The van der Waals surface area contributed by atoms with Crippen molar-refractivity contribution in [1.29, 1.82) is 0 Å². The minimum atomic E-state index is -3.76. The van der Waals surface area contributed by atoms with Gasteiger partial charge in [-0.15, -0.1) is 0 Å². The van der Waals surface area contributed by atoms with Crippen molar-refractivity contribution in [3.63, 3.8) is 0 Å². The highest BCUT2D eigenvalue weighted by atomic mass is 32.2. The van der Waals surface area contributed by atoms with Crippen molar-refractivity contribution in [2.75, 3.05) is 38.2 Å². The molecule has 2 aromatic carbocycles. The molecule has 8 nitrogen and oxygen atoms in total. The maximum Gasteiger partial charge on any atom is 0.338 e. The van der Waals surface area contributed by atoms with Gasteiger partial charge in [0.15, 0.2) is 6.61 Å². The number of esters is 1. The van der Waals surface area contributed by atoms with E-state index in [0.29, 0.717) is 24.5 Å². The Morgan fingerprint density at radius 1 is 1.06 bits per heavy atom. The van der Waals surface area contributed by atoms with Crippen molar-refractivity contribution in [2.24, 2.45) is 0 Å². The fourth-order valence-corrected chi connectivity index (χ4v) is 5.65. The van der Waals surface area contributed by atoms with Gasteiger partial charge in [0, 0.05) is 18.8 Å². The number of rotatable bonds is 6. The third-order valence-electron chi connectivity index (χ3n) is 5.73. The lowest BCUT2D eigenvalue weighted by Crippen LogP contribution is -2.40. The van der Waals surface area contributed by atoms with E-state index in [9.17, 15) is 18.0 Å². The summed E-state index contributed by atoms with van der Waals surface area (Å²) in [6.07, 6.45) is 3.17. The first kappa shape index (κ1) is 22.4. The lowest BCUT2D eigenvalue weighted by molar-refractivity contribution is -0.119. The zero-order valence-corrected chi connectivity index (χ0v) is 18.7. The molecule has 4 rings (SSSR count). The van der Waals surface area contributed by atoms with Crippen molar-refractivity contribution < 1.29 is 27.5 Å². The Kier molecular flexibility index (Phi) is 6.59. The van der Waals surface area contributed by atoms with Crippen molar-refractivity contribution in [3.8, 4) is 0 Å². The van der Waals surface area contributed by atoms with E-state index < -0.39 is 28.5 Å². The number of carbonyl (C=O) groups is 2. The summed E-state index contributed by atoms with van der Waals surface area (Å²) in [5.74, 6) is -1.21. The first-order valence-electron chi connectivity index (χ1n) is 10.6. The van der Waals surface area contributed by atoms with Gasteiger partial charge in [-0.05, 0) is 67.1 Å². The van der Waals surface area contributed by atoms with Crippen LogP contribution in [0.25, 0.3) is 0 Å². The van der Waals surface area contributed by atoms with Crippen LogP contribution in [0.2, 0.25) is 0 Å². The highest BCUT2D eigenvalue weighted by molar-refractivity contribution is 7.89. The van der Waals surface area contributed by atoms with Crippen LogP contribution >= 0.6 is 0 Å². The van der Waals surface area contributed by atoms with Crippen molar-refractivity contribution in [2.45, 2.75) is 31.1 Å². The van der Waals surface area contributed by atoms with E-state index in [4.69, 9.17) is 9.47 Å². The van der Waals surface area contributed by atoms with Gasteiger partial charge in [0.05, 0.1) is 23.7 Å². The van der Waals surface area contributed by atoms with Gasteiger partial charge in [0.1, 0.15) is 0 Å². The summed E-state index contributed by atoms with van der Waals surface area (Å²) in [6, 6.07) is 10.2. The van der Waals surface area contributed by atoms with Crippen LogP contribution in [-0.2, 0) is 37.1 Å². The Morgan fingerprint density at radius 2 is 1.81 bits per heavy atom. The van der Waals surface area contributed by atoms with E-state index in [1.807, 2.05) is 18.2 Å². The first-order valence-corrected chi connectivity index (χ1v) is 12.1. The van der Waals surface area contributed by atoms with Gasteiger partial charge in [-0.3, -0.25) is 4.79 Å². The maximum atomic E-state index is 13.0. The fraction of sp³-hybridized carbons (Fsp3) is 0.391. The molecule has 0 bridgehead atoms. The van der Waals surface area contributed by atoms with Crippen molar-refractivity contribution in [3.05, 3.63) is 58.7 Å². The minimum absolute atomic E-state index is 0.0523. The number of hydrogen-bond donors (Lipinski definition) is 1. The van der Waals surface area contributed by atoms with Crippen LogP contribution in [0, 0.1) is 6.92 Å². The third-order valence-corrected chi connectivity index (χ3v) is 7.77. The molecule has 1 aliphatic carbocycles. The Labute approximate surface area is 187 Å². The molecule has 1 aliphatic heterocycles. The Balaban J connectivity index is 1.40. The SMILES string of the molecule is Cc1ccc(C(=O)OCC(=O)Nc2ccc3c(c2)CCC3)cc1S(=O)(=O)N1CCOCC1. The predicted molar refractivity (Wildman–Crippen MR) is 118 cm³/mol. The Bertz CT molecular complexity index is 1140. The van der Waals surface area contributed by atoms with Crippen LogP contribution in [0.3, 0.4) is 0 Å². The summed E-state index contributed by atoms with van der Waals surface area (Å²) < 4.78 is 37.7. The zero-order chi connectivity index (χ0) is 22.7. The lowest BCUT2D eigenvalue weighted by atomic mass is 10.1. The molecular formula is C23H26N2O6S. The van der Waals surface area contributed by atoms with E-state index in [0.717, 1.165) is 19.3 Å². The zero-order valence-electron chi connectivity index (χ0n) is 17.9. The summed E-state index contributed by atoms with van der Waals surface area (Å²) in [4.78, 5) is 24.8. The van der Waals surface area contributed by atoms with Crippen molar-refractivity contribution in [1.82, 2.24) is 4.31 Å². The minimum Gasteiger partial charge on any atom is -0.452 e. The summed E-state index contributed by atoms with van der Waals surface area (Å²) in [7, 11) is -3.76. The van der Waals surface area contributed by atoms with E-state index in [1.54, 1.807) is 13.0 Å². The van der Waals surface area contributed by atoms with Crippen LogP contribution in [0.5, 0.6) is 0 Å². The number of nitrogens with zero attached hydrogens (tertiary/aromatic N) is 1. The number of ether oxygens (including phenoxy) is 2. The molecule has 1 heterocycles. The average Bonchev–Trinajstić information content (AvgIpc) is 3.26. The number of hydrogen-bond acceptors (Lipinski definition) is 6. The summed E-state index contributed by atoms with van der Waals surface area (Å²) in [6.45, 7) is 2.40. The molecule has 0 unspecified atom stereocenters. The van der Waals surface area contributed by atoms with Gasteiger partial charge in [-0.2, -0.15) is 4.31 Å². The van der Waals surface area contributed by atoms with Gasteiger partial charge < -0.3 is 14.8 Å². The maximum absolute atomic E-state index is 13.0. The van der Waals surface area contributed by atoms with Gasteiger partial charge in [0.2, 0.25) is 10.0 Å². The van der Waals surface area contributed by atoms with Crippen molar-refractivity contribution >= 4 is 27.6 Å². The fourth-order valence-electron chi connectivity index (χ4n) is 3.99. The molecule has 0 atom stereocenters. The molecule has 0 radical (unpaired) electrons. The van der Waals surface area contributed by atoms with Crippen LogP contribution in [0.1, 0.15) is 33.5 Å². The number of morpholine rings is 1. The van der Waals surface area contributed by atoms with Crippen LogP contribution in [0.15, 0.2) is 41.3 Å². The molecule has 1 fully saturated rings. The number of amides is 1. The summed E-state index contributed by atoms with van der Waals surface area (Å²) >= 11 is 0. The average molecular weight is 459 g/mol. The van der Waals surface area contributed by atoms with Crippen LogP contribution in [-0.4, -0.2) is 57.5 Å². The van der Waals surface area contributed by atoms with Crippen LogP contribution in [0.4, 0.5) is 5.69 Å². The molecule has 1 saturated heterocycles. The second kappa shape index (κ2) is 9.40. The Hall–Kier alpha value is -2.75. The van der Waals surface area contributed by atoms with E-state index in [1.165, 1.54) is 27.6 Å². The topological polar surface area (TPSA) is 102 Å². The molecule has 9 heteroatoms.